The highest BCUT2D eigenvalue weighted by Crippen LogP contribution is 2.21. The Morgan fingerprint density at radius 1 is 1.17 bits per heavy atom. The van der Waals surface area contributed by atoms with Gasteiger partial charge in [0.25, 0.3) is 0 Å². The normalized spacial score (nSPS) is 11.4. The molecule has 0 bridgehead atoms. The average molecular weight is 347 g/mol. The number of para-hydroxylation sites is 1. The summed E-state index contributed by atoms with van der Waals surface area (Å²) in [4.78, 5) is 9.83. The summed E-state index contributed by atoms with van der Waals surface area (Å²) in [5.74, 6) is 1.76. The molecule has 0 aliphatic heterocycles. The first-order valence-corrected chi connectivity index (χ1v) is 8.96. The number of aliphatic imine (C=N–C) groups is 1. The van der Waals surface area contributed by atoms with Crippen molar-refractivity contribution >= 4 is 17.3 Å². The van der Waals surface area contributed by atoms with Crippen molar-refractivity contribution in [3.8, 4) is 5.75 Å². The topological polar surface area (TPSA) is 58.5 Å². The molecular weight excluding hydrogens is 320 g/mol. The van der Waals surface area contributed by atoms with Crippen molar-refractivity contribution in [3.63, 3.8) is 0 Å². The van der Waals surface area contributed by atoms with E-state index in [1.165, 1.54) is 4.88 Å². The van der Waals surface area contributed by atoms with Crippen LogP contribution in [-0.2, 0) is 6.42 Å². The second-order valence-corrected chi connectivity index (χ2v) is 6.93. The van der Waals surface area contributed by atoms with Gasteiger partial charge in [-0.1, -0.05) is 18.2 Å². The fourth-order valence-corrected chi connectivity index (χ4v) is 3.16. The maximum Gasteiger partial charge on any atom is 0.191 e. The number of nitrogens with one attached hydrogen (secondary N) is 2. The van der Waals surface area contributed by atoms with Crippen LogP contribution in [0.4, 0.5) is 0 Å². The van der Waals surface area contributed by atoms with Crippen LogP contribution in [0.25, 0.3) is 0 Å². The molecule has 24 heavy (non-hydrogen) atoms. The second kappa shape index (κ2) is 9.27. The van der Waals surface area contributed by atoms with Crippen LogP contribution in [0.3, 0.4) is 0 Å². The number of aryl methyl sites for hydroxylation is 3. The Morgan fingerprint density at radius 2 is 1.88 bits per heavy atom. The highest BCUT2D eigenvalue weighted by molar-refractivity contribution is 7.11. The SMILES string of the molecule is CN=C(NCCOc1c(C)cccc1C)NCCc1ncc(C)s1. The van der Waals surface area contributed by atoms with Gasteiger partial charge in [0.05, 0.1) is 11.6 Å². The van der Waals surface area contributed by atoms with Crippen LogP contribution >= 0.6 is 11.3 Å². The Bertz CT molecular complexity index is 661. The smallest absolute Gasteiger partial charge is 0.191 e. The van der Waals surface area contributed by atoms with E-state index in [0.717, 1.165) is 40.8 Å². The molecule has 2 N–H and O–H groups in total. The molecule has 0 radical (unpaired) electrons. The van der Waals surface area contributed by atoms with Gasteiger partial charge in [-0.15, -0.1) is 11.3 Å². The van der Waals surface area contributed by atoms with E-state index in [0.29, 0.717) is 13.2 Å². The summed E-state index contributed by atoms with van der Waals surface area (Å²) >= 11 is 1.74. The zero-order valence-electron chi connectivity index (χ0n) is 14.8. The number of hydrogen-bond acceptors (Lipinski definition) is 4. The van der Waals surface area contributed by atoms with Gasteiger partial charge in [0.1, 0.15) is 12.4 Å². The van der Waals surface area contributed by atoms with E-state index in [1.807, 2.05) is 12.3 Å². The Kier molecular flexibility index (Phi) is 7.06. The van der Waals surface area contributed by atoms with Gasteiger partial charge in [0.2, 0.25) is 0 Å². The number of hydrogen-bond donors (Lipinski definition) is 2. The molecule has 2 rings (SSSR count). The quantitative estimate of drug-likeness (QED) is 0.460. The molecule has 0 saturated carbocycles. The second-order valence-electron chi connectivity index (χ2n) is 5.61. The van der Waals surface area contributed by atoms with Crippen LogP contribution in [-0.4, -0.2) is 37.7 Å². The summed E-state index contributed by atoms with van der Waals surface area (Å²) in [6.07, 6.45) is 2.82. The Morgan fingerprint density at radius 3 is 2.50 bits per heavy atom. The number of aromatic nitrogens is 1. The molecule has 0 aliphatic rings. The molecule has 1 aromatic heterocycles. The van der Waals surface area contributed by atoms with Gasteiger partial charge in [-0.25, -0.2) is 4.98 Å². The predicted octanol–water partition coefficient (Wildman–Crippen LogP) is 2.85. The zero-order chi connectivity index (χ0) is 17.4. The number of ether oxygens (including phenoxy) is 1. The molecule has 1 aromatic carbocycles. The molecule has 0 amide bonds. The van der Waals surface area contributed by atoms with Crippen molar-refractivity contribution in [2.45, 2.75) is 27.2 Å². The van der Waals surface area contributed by atoms with Crippen molar-refractivity contribution in [2.75, 3.05) is 26.7 Å². The molecule has 5 nitrogen and oxygen atoms in total. The molecule has 6 heteroatoms. The first kappa shape index (κ1) is 18.3. The van der Waals surface area contributed by atoms with Gasteiger partial charge in [0.15, 0.2) is 5.96 Å². The molecule has 0 spiro atoms. The van der Waals surface area contributed by atoms with E-state index in [1.54, 1.807) is 18.4 Å². The summed E-state index contributed by atoms with van der Waals surface area (Å²) in [6, 6.07) is 6.18. The fourth-order valence-electron chi connectivity index (χ4n) is 2.37. The van der Waals surface area contributed by atoms with Gasteiger partial charge < -0.3 is 15.4 Å². The first-order valence-electron chi connectivity index (χ1n) is 8.15. The van der Waals surface area contributed by atoms with Crippen LogP contribution in [0.1, 0.15) is 21.0 Å². The van der Waals surface area contributed by atoms with Crippen molar-refractivity contribution in [1.82, 2.24) is 15.6 Å². The molecule has 2 aromatic rings. The highest BCUT2D eigenvalue weighted by Gasteiger charge is 2.04. The van der Waals surface area contributed by atoms with E-state index in [-0.39, 0.29) is 0 Å². The maximum absolute atomic E-state index is 5.89. The van der Waals surface area contributed by atoms with Gasteiger partial charge >= 0.3 is 0 Å². The first-order chi connectivity index (χ1) is 11.6. The fraction of sp³-hybridized carbons (Fsp3) is 0.444. The van der Waals surface area contributed by atoms with Crippen LogP contribution in [0.15, 0.2) is 29.4 Å². The third-order valence-electron chi connectivity index (χ3n) is 3.57. The van der Waals surface area contributed by atoms with Gasteiger partial charge in [0, 0.05) is 31.1 Å². The largest absolute Gasteiger partial charge is 0.491 e. The highest BCUT2D eigenvalue weighted by atomic mass is 32.1. The molecule has 0 atom stereocenters. The van der Waals surface area contributed by atoms with Crippen molar-refractivity contribution in [1.29, 1.82) is 0 Å². The van der Waals surface area contributed by atoms with Gasteiger partial charge in [-0.05, 0) is 31.9 Å². The van der Waals surface area contributed by atoms with Crippen LogP contribution in [0, 0.1) is 20.8 Å². The minimum Gasteiger partial charge on any atom is -0.491 e. The van der Waals surface area contributed by atoms with Gasteiger partial charge in [-0.3, -0.25) is 4.99 Å². The molecule has 1 heterocycles. The number of rotatable bonds is 7. The monoisotopic (exact) mass is 346 g/mol. The molecule has 0 saturated heterocycles. The lowest BCUT2D eigenvalue weighted by Crippen LogP contribution is -2.40. The predicted molar refractivity (Wildman–Crippen MR) is 101 cm³/mol. The van der Waals surface area contributed by atoms with Crippen molar-refractivity contribution in [3.05, 3.63) is 45.4 Å². The minimum absolute atomic E-state index is 0.595. The van der Waals surface area contributed by atoms with Crippen molar-refractivity contribution in [2.24, 2.45) is 4.99 Å². The third kappa shape index (κ3) is 5.53. The Labute approximate surface area is 148 Å². The molecule has 0 unspecified atom stereocenters. The molecule has 130 valence electrons. The number of benzene rings is 1. The van der Waals surface area contributed by atoms with Crippen LogP contribution < -0.4 is 15.4 Å². The van der Waals surface area contributed by atoms with Crippen molar-refractivity contribution < 1.29 is 4.74 Å². The molecule has 0 aliphatic carbocycles. The number of nitrogens with zero attached hydrogens (tertiary/aromatic N) is 2. The number of thiazole rings is 1. The third-order valence-corrected chi connectivity index (χ3v) is 4.55. The van der Waals surface area contributed by atoms with E-state index in [2.05, 4.69) is 53.5 Å². The lowest BCUT2D eigenvalue weighted by molar-refractivity contribution is 0.317. The summed E-state index contributed by atoms with van der Waals surface area (Å²) in [6.45, 7) is 8.31. The summed E-state index contributed by atoms with van der Waals surface area (Å²) in [5.41, 5.74) is 2.33. The molecule has 0 fully saturated rings. The average Bonchev–Trinajstić information content (AvgIpc) is 2.97. The van der Waals surface area contributed by atoms with E-state index >= 15 is 0 Å². The number of guanidine groups is 1. The summed E-state index contributed by atoms with van der Waals surface area (Å²) in [5, 5.41) is 7.71. The van der Waals surface area contributed by atoms with Gasteiger partial charge in [-0.2, -0.15) is 0 Å². The van der Waals surface area contributed by atoms with E-state index in [4.69, 9.17) is 4.74 Å². The lowest BCUT2D eigenvalue weighted by Gasteiger charge is -2.14. The summed E-state index contributed by atoms with van der Waals surface area (Å²) < 4.78 is 5.89. The Balaban J connectivity index is 1.68. The van der Waals surface area contributed by atoms with E-state index in [9.17, 15) is 0 Å². The maximum atomic E-state index is 5.89. The summed E-state index contributed by atoms with van der Waals surface area (Å²) in [7, 11) is 1.77. The molecular formula is C18H26N4OS. The zero-order valence-corrected chi connectivity index (χ0v) is 15.7. The lowest BCUT2D eigenvalue weighted by atomic mass is 10.1. The Hall–Kier alpha value is -2.08. The minimum atomic E-state index is 0.595. The van der Waals surface area contributed by atoms with Crippen LogP contribution in [0.5, 0.6) is 5.75 Å². The standard InChI is InChI=1S/C18H26N4OS/c1-13-6-5-7-14(2)17(13)23-11-10-21-18(19-4)20-9-8-16-22-12-15(3)24-16/h5-7,12H,8-11H2,1-4H3,(H2,19,20,21). The van der Waals surface area contributed by atoms with Crippen LogP contribution in [0.2, 0.25) is 0 Å². The van der Waals surface area contributed by atoms with E-state index < -0.39 is 0 Å².